The lowest BCUT2D eigenvalue weighted by atomic mass is 10.1. The van der Waals surface area contributed by atoms with Crippen LogP contribution in [0.5, 0.6) is 0 Å². The Morgan fingerprint density at radius 3 is 2.92 bits per heavy atom. The Hall–Kier alpha value is -0.280. The van der Waals surface area contributed by atoms with Crippen LogP contribution in [0.25, 0.3) is 0 Å². The molecule has 2 rings (SSSR count). The standard InChI is InChI=1S/C9H9Cl2NO/c10-7-3-1-2-6(9(7)11)8-4-5-13-12-8/h1-3,8,12H,4-5H2/t8-/m1/s1. The number of halogens is 2. The SMILES string of the molecule is Clc1cccc([C@H]2CCON2)c1Cl. The van der Waals surface area contributed by atoms with Crippen LogP contribution in [0, 0.1) is 0 Å². The molecule has 1 aliphatic rings. The third-order valence-corrected chi connectivity index (χ3v) is 2.92. The molecule has 0 aromatic heterocycles. The summed E-state index contributed by atoms with van der Waals surface area (Å²) in [6.07, 6.45) is 0.931. The van der Waals surface area contributed by atoms with Crippen LogP contribution in [-0.4, -0.2) is 6.61 Å². The minimum absolute atomic E-state index is 0.172. The second kappa shape index (κ2) is 3.84. The zero-order valence-corrected chi connectivity index (χ0v) is 8.40. The Morgan fingerprint density at radius 1 is 1.38 bits per heavy atom. The largest absolute Gasteiger partial charge is 0.301 e. The van der Waals surface area contributed by atoms with Crippen molar-refractivity contribution < 1.29 is 4.84 Å². The average molecular weight is 218 g/mol. The van der Waals surface area contributed by atoms with E-state index in [1.165, 1.54) is 0 Å². The van der Waals surface area contributed by atoms with Crippen molar-refractivity contribution in [3.05, 3.63) is 33.8 Å². The van der Waals surface area contributed by atoms with Gasteiger partial charge in [0.1, 0.15) is 0 Å². The highest BCUT2D eigenvalue weighted by Gasteiger charge is 2.20. The minimum atomic E-state index is 0.172. The smallest absolute Gasteiger partial charge is 0.0701 e. The molecule has 0 unspecified atom stereocenters. The van der Waals surface area contributed by atoms with Gasteiger partial charge in [-0.1, -0.05) is 35.3 Å². The van der Waals surface area contributed by atoms with Gasteiger partial charge in [-0.05, 0) is 18.1 Å². The molecule has 1 heterocycles. The maximum atomic E-state index is 6.05. The molecule has 0 saturated carbocycles. The first-order chi connectivity index (χ1) is 6.29. The van der Waals surface area contributed by atoms with Crippen LogP contribution in [-0.2, 0) is 4.84 Å². The zero-order valence-electron chi connectivity index (χ0n) is 6.89. The van der Waals surface area contributed by atoms with Gasteiger partial charge in [-0.3, -0.25) is 0 Å². The van der Waals surface area contributed by atoms with Gasteiger partial charge >= 0.3 is 0 Å². The number of nitrogens with one attached hydrogen (secondary N) is 1. The van der Waals surface area contributed by atoms with Crippen molar-refractivity contribution in [2.45, 2.75) is 12.5 Å². The summed E-state index contributed by atoms with van der Waals surface area (Å²) in [7, 11) is 0. The van der Waals surface area contributed by atoms with Crippen molar-refractivity contribution in [1.29, 1.82) is 0 Å². The first-order valence-electron chi connectivity index (χ1n) is 4.10. The summed E-state index contributed by atoms with van der Waals surface area (Å²) in [6.45, 7) is 0.716. The highest BCUT2D eigenvalue weighted by molar-refractivity contribution is 6.42. The first-order valence-corrected chi connectivity index (χ1v) is 4.86. The van der Waals surface area contributed by atoms with E-state index in [0.717, 1.165) is 12.0 Å². The Morgan fingerprint density at radius 2 is 2.23 bits per heavy atom. The fraction of sp³-hybridized carbons (Fsp3) is 0.333. The lowest BCUT2D eigenvalue weighted by Crippen LogP contribution is -2.11. The van der Waals surface area contributed by atoms with Gasteiger partial charge in [0, 0.05) is 0 Å². The topological polar surface area (TPSA) is 21.3 Å². The number of rotatable bonds is 1. The molecule has 0 bridgehead atoms. The lowest BCUT2D eigenvalue weighted by Gasteiger charge is -2.11. The van der Waals surface area contributed by atoms with Crippen molar-refractivity contribution in [1.82, 2.24) is 5.48 Å². The van der Waals surface area contributed by atoms with E-state index < -0.39 is 0 Å². The van der Waals surface area contributed by atoms with Gasteiger partial charge in [0.05, 0.1) is 22.7 Å². The molecule has 1 atom stereocenters. The first kappa shape index (κ1) is 9.28. The van der Waals surface area contributed by atoms with Crippen molar-refractivity contribution in [3.8, 4) is 0 Å². The summed E-state index contributed by atoms with van der Waals surface area (Å²) in [5, 5.41) is 1.21. The molecule has 1 aliphatic heterocycles. The van der Waals surface area contributed by atoms with E-state index in [-0.39, 0.29) is 6.04 Å². The molecule has 4 heteroatoms. The molecule has 0 aliphatic carbocycles. The Bertz CT molecular complexity index is 310. The molecule has 1 aromatic rings. The molecule has 1 fully saturated rings. The normalized spacial score (nSPS) is 22.2. The van der Waals surface area contributed by atoms with Gasteiger partial charge < -0.3 is 4.84 Å². The van der Waals surface area contributed by atoms with Crippen LogP contribution in [0.2, 0.25) is 10.0 Å². The minimum Gasteiger partial charge on any atom is -0.301 e. The summed E-state index contributed by atoms with van der Waals surface area (Å²) in [5.74, 6) is 0. The fourth-order valence-electron chi connectivity index (χ4n) is 1.40. The van der Waals surface area contributed by atoms with E-state index >= 15 is 0 Å². The van der Waals surface area contributed by atoms with E-state index in [9.17, 15) is 0 Å². The summed E-state index contributed by atoms with van der Waals surface area (Å²) < 4.78 is 0. The van der Waals surface area contributed by atoms with Crippen molar-refractivity contribution in [2.75, 3.05) is 6.61 Å². The van der Waals surface area contributed by atoms with Gasteiger partial charge in [-0.25, -0.2) is 0 Å². The highest BCUT2D eigenvalue weighted by Crippen LogP contribution is 2.32. The summed E-state index contributed by atoms with van der Waals surface area (Å²) in [5.41, 5.74) is 3.90. The van der Waals surface area contributed by atoms with E-state index in [4.69, 9.17) is 28.0 Å². The summed E-state index contributed by atoms with van der Waals surface area (Å²) in [4.78, 5) is 5.05. The Balaban J connectivity index is 2.33. The molecular weight excluding hydrogens is 209 g/mol. The number of hydrogen-bond donors (Lipinski definition) is 1. The van der Waals surface area contributed by atoms with Crippen molar-refractivity contribution in [2.24, 2.45) is 0 Å². The Kier molecular flexibility index (Phi) is 2.74. The van der Waals surface area contributed by atoms with Crippen LogP contribution < -0.4 is 5.48 Å². The summed E-state index contributed by atoms with van der Waals surface area (Å²) >= 11 is 11.9. The molecule has 1 saturated heterocycles. The molecule has 2 nitrogen and oxygen atoms in total. The third kappa shape index (κ3) is 1.81. The predicted molar refractivity (Wildman–Crippen MR) is 52.9 cm³/mol. The number of hydrogen-bond acceptors (Lipinski definition) is 2. The van der Waals surface area contributed by atoms with E-state index in [0.29, 0.717) is 16.7 Å². The lowest BCUT2D eigenvalue weighted by molar-refractivity contribution is 0.0883. The van der Waals surface area contributed by atoms with Crippen LogP contribution in [0.1, 0.15) is 18.0 Å². The van der Waals surface area contributed by atoms with Gasteiger partial charge in [0.2, 0.25) is 0 Å². The molecule has 13 heavy (non-hydrogen) atoms. The maximum absolute atomic E-state index is 6.05. The quantitative estimate of drug-likeness (QED) is 0.782. The molecule has 0 spiro atoms. The van der Waals surface area contributed by atoms with Crippen LogP contribution >= 0.6 is 23.2 Å². The molecule has 1 aromatic carbocycles. The third-order valence-electron chi connectivity index (χ3n) is 2.09. The van der Waals surface area contributed by atoms with E-state index in [1.807, 2.05) is 12.1 Å². The van der Waals surface area contributed by atoms with Gasteiger partial charge in [-0.2, -0.15) is 5.48 Å². The van der Waals surface area contributed by atoms with Crippen LogP contribution in [0.3, 0.4) is 0 Å². The van der Waals surface area contributed by atoms with Crippen LogP contribution in [0.4, 0.5) is 0 Å². The van der Waals surface area contributed by atoms with Gasteiger partial charge in [0.15, 0.2) is 0 Å². The maximum Gasteiger partial charge on any atom is 0.0701 e. The highest BCUT2D eigenvalue weighted by atomic mass is 35.5. The molecule has 0 radical (unpaired) electrons. The van der Waals surface area contributed by atoms with E-state index in [2.05, 4.69) is 5.48 Å². The monoisotopic (exact) mass is 217 g/mol. The number of hydroxylamine groups is 1. The molecule has 70 valence electrons. The molecule has 1 N–H and O–H groups in total. The summed E-state index contributed by atoms with van der Waals surface area (Å²) in [6, 6.07) is 5.80. The second-order valence-corrected chi connectivity index (χ2v) is 3.74. The zero-order chi connectivity index (χ0) is 9.26. The number of benzene rings is 1. The predicted octanol–water partition coefficient (Wildman–Crippen LogP) is 2.96. The van der Waals surface area contributed by atoms with Crippen molar-refractivity contribution >= 4 is 23.2 Å². The Labute approximate surface area is 86.7 Å². The fourth-order valence-corrected chi connectivity index (χ4v) is 1.84. The molecule has 0 amide bonds. The molecular formula is C9H9Cl2NO. The van der Waals surface area contributed by atoms with E-state index in [1.54, 1.807) is 6.07 Å². The van der Waals surface area contributed by atoms with Gasteiger partial charge in [-0.15, -0.1) is 0 Å². The van der Waals surface area contributed by atoms with Gasteiger partial charge in [0.25, 0.3) is 0 Å². The van der Waals surface area contributed by atoms with Crippen molar-refractivity contribution in [3.63, 3.8) is 0 Å². The van der Waals surface area contributed by atoms with Crippen LogP contribution in [0.15, 0.2) is 18.2 Å². The average Bonchev–Trinajstić information content (AvgIpc) is 2.62. The second-order valence-electron chi connectivity index (χ2n) is 2.95.